The minimum atomic E-state index is -0.315. The maximum absolute atomic E-state index is 12.8. The van der Waals surface area contributed by atoms with Crippen molar-refractivity contribution in [1.29, 1.82) is 0 Å². The van der Waals surface area contributed by atoms with Crippen molar-refractivity contribution in [2.45, 2.75) is 32.7 Å². The summed E-state index contributed by atoms with van der Waals surface area (Å²) in [4.78, 5) is 15.8. The molecule has 1 unspecified atom stereocenters. The molecule has 1 heterocycles. The number of aryl methyl sites for hydroxylation is 2. The van der Waals surface area contributed by atoms with Gasteiger partial charge in [0.25, 0.3) is 0 Å². The number of carbonyl (C=O) groups excluding carboxylic acids is 1. The fraction of sp³-hybridized carbons (Fsp3) is 0.400. The van der Waals surface area contributed by atoms with Gasteiger partial charge in [0.05, 0.1) is 6.04 Å². The Balaban J connectivity index is 1.68. The van der Waals surface area contributed by atoms with Crippen LogP contribution in [0.15, 0.2) is 28.8 Å². The number of rotatable bonds is 7. The van der Waals surface area contributed by atoms with Crippen LogP contribution in [0.5, 0.6) is 5.75 Å². The second kappa shape index (κ2) is 7.53. The van der Waals surface area contributed by atoms with Gasteiger partial charge in [0.1, 0.15) is 18.2 Å². The normalized spacial score (nSPS) is 12.0. The van der Waals surface area contributed by atoms with Gasteiger partial charge in [0.2, 0.25) is 11.8 Å². The van der Waals surface area contributed by atoms with Crippen LogP contribution in [0.25, 0.3) is 0 Å². The molecular weight excluding hydrogens is 289 g/mol. The van der Waals surface area contributed by atoms with Crippen LogP contribution in [0.3, 0.4) is 0 Å². The van der Waals surface area contributed by atoms with E-state index in [0.717, 1.165) is 0 Å². The van der Waals surface area contributed by atoms with Gasteiger partial charge in [-0.15, -0.1) is 0 Å². The van der Waals surface area contributed by atoms with Crippen molar-refractivity contribution in [3.8, 4) is 5.75 Å². The van der Waals surface area contributed by atoms with Crippen LogP contribution in [0, 0.1) is 12.7 Å². The van der Waals surface area contributed by atoms with E-state index in [0.29, 0.717) is 30.5 Å². The average Bonchev–Trinajstić information content (AvgIpc) is 2.90. The Hall–Kier alpha value is -2.44. The molecule has 6 nitrogen and oxygen atoms in total. The first-order chi connectivity index (χ1) is 10.5. The number of benzene rings is 1. The Labute approximate surface area is 127 Å². The summed E-state index contributed by atoms with van der Waals surface area (Å²) in [5.41, 5.74) is 0. The van der Waals surface area contributed by atoms with Gasteiger partial charge >= 0.3 is 0 Å². The number of aromatic nitrogens is 2. The third-order valence-corrected chi connectivity index (χ3v) is 2.86. The Morgan fingerprint density at radius 3 is 2.77 bits per heavy atom. The van der Waals surface area contributed by atoms with E-state index in [4.69, 9.17) is 9.26 Å². The van der Waals surface area contributed by atoms with E-state index in [2.05, 4.69) is 15.5 Å². The van der Waals surface area contributed by atoms with Gasteiger partial charge in [0, 0.05) is 12.8 Å². The molecule has 1 amide bonds. The second-order valence-corrected chi connectivity index (χ2v) is 4.97. The summed E-state index contributed by atoms with van der Waals surface area (Å²) in [5, 5.41) is 6.47. The smallest absolute Gasteiger partial charge is 0.227 e. The highest BCUT2D eigenvalue weighted by Gasteiger charge is 2.10. The zero-order valence-corrected chi connectivity index (χ0v) is 12.5. The number of nitrogens with one attached hydrogen (secondary N) is 1. The second-order valence-electron chi connectivity index (χ2n) is 4.97. The first kappa shape index (κ1) is 15.9. The molecular formula is C15H18FN3O3. The molecule has 0 saturated heterocycles. The molecule has 7 heteroatoms. The fourth-order valence-electron chi connectivity index (χ4n) is 1.80. The van der Waals surface area contributed by atoms with Crippen molar-refractivity contribution < 1.29 is 18.4 Å². The van der Waals surface area contributed by atoms with Crippen LogP contribution in [-0.4, -0.2) is 28.7 Å². The summed E-state index contributed by atoms with van der Waals surface area (Å²) >= 11 is 0. The molecule has 0 saturated carbocycles. The third kappa shape index (κ3) is 5.16. The minimum absolute atomic E-state index is 0.119. The average molecular weight is 307 g/mol. The van der Waals surface area contributed by atoms with Gasteiger partial charge in [0.15, 0.2) is 5.82 Å². The number of amides is 1. The van der Waals surface area contributed by atoms with Crippen molar-refractivity contribution in [1.82, 2.24) is 15.5 Å². The monoisotopic (exact) mass is 307 g/mol. The van der Waals surface area contributed by atoms with E-state index in [1.54, 1.807) is 19.1 Å². The Bertz CT molecular complexity index is 613. The van der Waals surface area contributed by atoms with Crippen LogP contribution in [0.1, 0.15) is 25.1 Å². The van der Waals surface area contributed by atoms with Crippen molar-refractivity contribution in [2.24, 2.45) is 0 Å². The van der Waals surface area contributed by atoms with E-state index >= 15 is 0 Å². The molecule has 0 aliphatic carbocycles. The molecule has 2 aromatic rings. The zero-order chi connectivity index (χ0) is 15.9. The molecule has 0 aliphatic rings. The molecule has 1 aromatic carbocycles. The first-order valence-electron chi connectivity index (χ1n) is 7.00. The lowest BCUT2D eigenvalue weighted by Crippen LogP contribution is -2.36. The molecule has 1 aromatic heterocycles. The van der Waals surface area contributed by atoms with Crippen LogP contribution >= 0.6 is 0 Å². The van der Waals surface area contributed by atoms with Gasteiger partial charge in [-0.05, 0) is 38.1 Å². The number of halogens is 1. The highest BCUT2D eigenvalue weighted by Crippen LogP contribution is 2.11. The molecule has 0 fully saturated rings. The van der Waals surface area contributed by atoms with E-state index < -0.39 is 0 Å². The number of hydrogen-bond acceptors (Lipinski definition) is 5. The van der Waals surface area contributed by atoms with Gasteiger partial charge in [-0.1, -0.05) is 5.16 Å². The molecule has 2 rings (SSSR count). The maximum atomic E-state index is 12.8. The standard InChI is InChI=1S/C15H18FN3O3/c1-10(9-21-13-5-3-12(16)4-6-13)17-14(20)7-8-15-18-11(2)19-22-15/h3-6,10H,7-9H2,1-2H3,(H,17,20). The molecule has 1 N–H and O–H groups in total. The van der Waals surface area contributed by atoms with Crippen LogP contribution in [0.4, 0.5) is 4.39 Å². The van der Waals surface area contributed by atoms with E-state index in [1.807, 2.05) is 6.92 Å². The Morgan fingerprint density at radius 1 is 1.41 bits per heavy atom. The zero-order valence-electron chi connectivity index (χ0n) is 12.5. The number of ether oxygens (including phenoxy) is 1. The summed E-state index contributed by atoms with van der Waals surface area (Å²) in [5.74, 6) is 1.12. The highest BCUT2D eigenvalue weighted by molar-refractivity contribution is 5.76. The predicted octanol–water partition coefficient (Wildman–Crippen LogP) is 2.03. The predicted molar refractivity (Wildman–Crippen MR) is 76.9 cm³/mol. The number of hydrogen-bond donors (Lipinski definition) is 1. The third-order valence-electron chi connectivity index (χ3n) is 2.86. The van der Waals surface area contributed by atoms with Crippen molar-refractivity contribution in [3.05, 3.63) is 41.8 Å². The van der Waals surface area contributed by atoms with Gasteiger partial charge in [-0.25, -0.2) is 4.39 Å². The van der Waals surface area contributed by atoms with Crippen LogP contribution in [-0.2, 0) is 11.2 Å². The highest BCUT2D eigenvalue weighted by atomic mass is 19.1. The molecule has 22 heavy (non-hydrogen) atoms. The topological polar surface area (TPSA) is 77.2 Å². The van der Waals surface area contributed by atoms with Crippen LogP contribution < -0.4 is 10.1 Å². The van der Waals surface area contributed by atoms with Crippen molar-refractivity contribution in [2.75, 3.05) is 6.61 Å². The SMILES string of the molecule is Cc1noc(CCC(=O)NC(C)COc2ccc(F)cc2)n1. The molecule has 0 bridgehead atoms. The summed E-state index contributed by atoms with van der Waals surface area (Å²) < 4.78 is 23.2. The van der Waals surface area contributed by atoms with Gasteiger partial charge < -0.3 is 14.6 Å². The molecule has 0 radical (unpaired) electrons. The summed E-state index contributed by atoms with van der Waals surface area (Å²) in [7, 11) is 0. The summed E-state index contributed by atoms with van der Waals surface area (Å²) in [6.07, 6.45) is 0.667. The van der Waals surface area contributed by atoms with Gasteiger partial charge in [-0.3, -0.25) is 4.79 Å². The maximum Gasteiger partial charge on any atom is 0.227 e. The molecule has 1 atom stereocenters. The molecule has 0 aliphatic heterocycles. The summed E-state index contributed by atoms with van der Waals surface area (Å²) in [6.45, 7) is 3.86. The van der Waals surface area contributed by atoms with Crippen LogP contribution in [0.2, 0.25) is 0 Å². The lowest BCUT2D eigenvalue weighted by molar-refractivity contribution is -0.121. The Kier molecular flexibility index (Phi) is 5.46. The van der Waals surface area contributed by atoms with Crippen molar-refractivity contribution >= 4 is 5.91 Å². The number of carbonyl (C=O) groups is 1. The Morgan fingerprint density at radius 2 is 2.14 bits per heavy atom. The quantitative estimate of drug-likeness (QED) is 0.847. The first-order valence-corrected chi connectivity index (χ1v) is 7.00. The van der Waals surface area contributed by atoms with E-state index in [-0.39, 0.29) is 24.2 Å². The van der Waals surface area contributed by atoms with E-state index in [9.17, 15) is 9.18 Å². The lowest BCUT2D eigenvalue weighted by atomic mass is 10.2. The van der Waals surface area contributed by atoms with Crippen molar-refractivity contribution in [3.63, 3.8) is 0 Å². The fourth-order valence-corrected chi connectivity index (χ4v) is 1.80. The minimum Gasteiger partial charge on any atom is -0.491 e. The lowest BCUT2D eigenvalue weighted by Gasteiger charge is -2.14. The largest absolute Gasteiger partial charge is 0.491 e. The summed E-state index contributed by atoms with van der Waals surface area (Å²) in [6, 6.07) is 5.57. The van der Waals surface area contributed by atoms with E-state index in [1.165, 1.54) is 12.1 Å². The molecule has 118 valence electrons. The number of nitrogens with zero attached hydrogens (tertiary/aromatic N) is 2. The molecule has 0 spiro atoms. The van der Waals surface area contributed by atoms with Gasteiger partial charge in [-0.2, -0.15) is 4.98 Å².